The van der Waals surface area contributed by atoms with Crippen molar-refractivity contribution in [1.29, 1.82) is 0 Å². The van der Waals surface area contributed by atoms with Gasteiger partial charge >= 0.3 is 5.97 Å². The van der Waals surface area contributed by atoms with E-state index in [1.165, 1.54) is 12.8 Å². The lowest BCUT2D eigenvalue weighted by molar-refractivity contribution is -0.145. The Kier molecular flexibility index (Phi) is 9.18. The molecule has 4 heteroatoms. The van der Waals surface area contributed by atoms with Crippen molar-refractivity contribution in [1.82, 2.24) is 0 Å². The first-order valence-electron chi connectivity index (χ1n) is 8.51. The lowest BCUT2D eigenvalue weighted by Crippen LogP contribution is -2.14. The largest absolute Gasteiger partial charge is 0.497 e. The van der Waals surface area contributed by atoms with Crippen molar-refractivity contribution in [2.75, 3.05) is 20.8 Å². The summed E-state index contributed by atoms with van der Waals surface area (Å²) in [7, 11) is 3.25. The van der Waals surface area contributed by atoms with Crippen LogP contribution in [0.3, 0.4) is 0 Å². The lowest BCUT2D eigenvalue weighted by Gasteiger charge is -2.15. The number of carbonyl (C=O) groups is 1. The smallest absolute Gasteiger partial charge is 0.306 e. The van der Waals surface area contributed by atoms with Crippen LogP contribution in [0.2, 0.25) is 0 Å². The van der Waals surface area contributed by atoms with E-state index in [9.17, 15) is 4.79 Å². The molecule has 0 aliphatic carbocycles. The molecule has 0 N–H and O–H groups in total. The maximum Gasteiger partial charge on any atom is 0.306 e. The van der Waals surface area contributed by atoms with E-state index in [4.69, 9.17) is 14.2 Å². The Balaban J connectivity index is 2.46. The van der Waals surface area contributed by atoms with E-state index in [2.05, 4.69) is 13.8 Å². The summed E-state index contributed by atoms with van der Waals surface area (Å²) < 4.78 is 16.0. The van der Waals surface area contributed by atoms with Crippen LogP contribution in [0.15, 0.2) is 18.2 Å². The van der Waals surface area contributed by atoms with Crippen LogP contribution < -0.4 is 9.47 Å². The van der Waals surface area contributed by atoms with Crippen LogP contribution in [-0.4, -0.2) is 26.8 Å². The first-order valence-corrected chi connectivity index (χ1v) is 8.51. The summed E-state index contributed by atoms with van der Waals surface area (Å²) in [5.74, 6) is 1.86. The van der Waals surface area contributed by atoms with Crippen LogP contribution in [0.1, 0.15) is 51.5 Å². The standard InChI is InChI=1S/C19H30O4/c1-5-7-8-15(6-2)14-23-19(20)12-9-16-13-17(21-3)10-11-18(16)22-4/h10-11,13,15H,5-9,12,14H2,1-4H3. The van der Waals surface area contributed by atoms with Gasteiger partial charge in [0.15, 0.2) is 0 Å². The summed E-state index contributed by atoms with van der Waals surface area (Å²) in [6.07, 6.45) is 5.50. The van der Waals surface area contributed by atoms with Gasteiger partial charge in [-0.2, -0.15) is 0 Å². The van der Waals surface area contributed by atoms with Crippen molar-refractivity contribution in [3.8, 4) is 11.5 Å². The molecule has 0 saturated heterocycles. The van der Waals surface area contributed by atoms with Crippen LogP contribution in [-0.2, 0) is 16.0 Å². The van der Waals surface area contributed by atoms with E-state index < -0.39 is 0 Å². The van der Waals surface area contributed by atoms with Gasteiger partial charge in [0, 0.05) is 6.42 Å². The van der Waals surface area contributed by atoms with Gasteiger partial charge in [-0.05, 0) is 42.5 Å². The van der Waals surface area contributed by atoms with Gasteiger partial charge in [0.25, 0.3) is 0 Å². The fraction of sp³-hybridized carbons (Fsp3) is 0.632. The summed E-state index contributed by atoms with van der Waals surface area (Å²) in [6.45, 7) is 4.86. The minimum Gasteiger partial charge on any atom is -0.497 e. The molecule has 0 aliphatic heterocycles. The molecule has 0 amide bonds. The molecule has 0 radical (unpaired) electrons. The summed E-state index contributed by atoms with van der Waals surface area (Å²) in [6, 6.07) is 5.61. The van der Waals surface area contributed by atoms with E-state index in [-0.39, 0.29) is 5.97 Å². The number of aryl methyl sites for hydroxylation is 1. The number of benzene rings is 1. The van der Waals surface area contributed by atoms with Crippen LogP contribution in [0.4, 0.5) is 0 Å². The molecule has 1 aromatic rings. The molecule has 0 saturated carbocycles. The number of unbranched alkanes of at least 4 members (excludes halogenated alkanes) is 1. The third-order valence-electron chi connectivity index (χ3n) is 4.11. The van der Waals surface area contributed by atoms with Gasteiger partial charge in [0.05, 0.1) is 20.8 Å². The first-order chi connectivity index (χ1) is 11.1. The predicted octanol–water partition coefficient (Wildman–Crippen LogP) is 4.40. The molecule has 130 valence electrons. The fourth-order valence-corrected chi connectivity index (χ4v) is 2.50. The zero-order valence-corrected chi connectivity index (χ0v) is 14.9. The third kappa shape index (κ3) is 6.93. The van der Waals surface area contributed by atoms with E-state index in [1.54, 1.807) is 14.2 Å². The molecule has 4 nitrogen and oxygen atoms in total. The Bertz CT molecular complexity index is 470. The molecule has 23 heavy (non-hydrogen) atoms. The van der Waals surface area contributed by atoms with Crippen LogP contribution in [0, 0.1) is 5.92 Å². The van der Waals surface area contributed by atoms with Crippen molar-refractivity contribution in [3.05, 3.63) is 23.8 Å². The highest BCUT2D eigenvalue weighted by atomic mass is 16.5. The lowest BCUT2D eigenvalue weighted by atomic mass is 10.0. The Morgan fingerprint density at radius 1 is 1.17 bits per heavy atom. The van der Waals surface area contributed by atoms with Gasteiger partial charge in [-0.25, -0.2) is 0 Å². The highest BCUT2D eigenvalue weighted by Gasteiger charge is 2.12. The third-order valence-corrected chi connectivity index (χ3v) is 4.11. The van der Waals surface area contributed by atoms with Gasteiger partial charge in [0.2, 0.25) is 0 Å². The van der Waals surface area contributed by atoms with Gasteiger partial charge < -0.3 is 14.2 Å². The monoisotopic (exact) mass is 322 g/mol. The molecule has 0 fully saturated rings. The van der Waals surface area contributed by atoms with Gasteiger partial charge in [0.1, 0.15) is 11.5 Å². The van der Waals surface area contributed by atoms with Crippen molar-refractivity contribution < 1.29 is 19.0 Å². The SMILES string of the molecule is CCCCC(CC)COC(=O)CCc1cc(OC)ccc1OC. The average molecular weight is 322 g/mol. The molecule has 0 bridgehead atoms. The van der Waals surface area contributed by atoms with Gasteiger partial charge in [-0.15, -0.1) is 0 Å². The molecule has 1 aromatic carbocycles. The molecular formula is C19H30O4. The highest BCUT2D eigenvalue weighted by molar-refractivity contribution is 5.70. The summed E-state index contributed by atoms with van der Waals surface area (Å²) in [5.41, 5.74) is 0.960. The maximum absolute atomic E-state index is 12.0. The van der Waals surface area contributed by atoms with Crippen molar-refractivity contribution in [2.45, 2.75) is 52.4 Å². The summed E-state index contributed by atoms with van der Waals surface area (Å²) in [4.78, 5) is 12.0. The molecule has 0 aromatic heterocycles. The van der Waals surface area contributed by atoms with E-state index in [0.717, 1.165) is 29.9 Å². The average Bonchev–Trinajstić information content (AvgIpc) is 2.59. The minimum atomic E-state index is -0.148. The Hall–Kier alpha value is -1.71. The molecule has 0 spiro atoms. The quantitative estimate of drug-likeness (QED) is 0.567. The minimum absolute atomic E-state index is 0.148. The Morgan fingerprint density at radius 3 is 2.57 bits per heavy atom. The molecular weight excluding hydrogens is 292 g/mol. The van der Waals surface area contributed by atoms with Crippen LogP contribution in [0.25, 0.3) is 0 Å². The van der Waals surface area contributed by atoms with Crippen LogP contribution >= 0.6 is 0 Å². The number of ether oxygens (including phenoxy) is 3. The van der Waals surface area contributed by atoms with Gasteiger partial charge in [-0.1, -0.05) is 33.1 Å². The predicted molar refractivity (Wildman–Crippen MR) is 92.1 cm³/mol. The number of esters is 1. The van der Waals surface area contributed by atoms with Crippen LogP contribution in [0.5, 0.6) is 11.5 Å². The number of carbonyl (C=O) groups excluding carboxylic acids is 1. The van der Waals surface area contributed by atoms with Crippen molar-refractivity contribution in [2.24, 2.45) is 5.92 Å². The molecule has 1 unspecified atom stereocenters. The maximum atomic E-state index is 12.0. The Labute approximate surface area is 140 Å². The number of rotatable bonds is 11. The second-order valence-electron chi connectivity index (χ2n) is 5.78. The number of hydrogen-bond donors (Lipinski definition) is 0. The molecule has 1 atom stereocenters. The molecule has 0 aliphatic rings. The van der Waals surface area contributed by atoms with Gasteiger partial charge in [-0.3, -0.25) is 4.79 Å². The zero-order chi connectivity index (χ0) is 17.1. The zero-order valence-electron chi connectivity index (χ0n) is 14.9. The molecule has 0 heterocycles. The molecule has 1 rings (SSSR count). The van der Waals surface area contributed by atoms with E-state index >= 15 is 0 Å². The highest BCUT2D eigenvalue weighted by Crippen LogP contribution is 2.25. The Morgan fingerprint density at radius 2 is 1.96 bits per heavy atom. The summed E-state index contributed by atoms with van der Waals surface area (Å²) >= 11 is 0. The number of methoxy groups -OCH3 is 2. The summed E-state index contributed by atoms with van der Waals surface area (Å²) in [5, 5.41) is 0. The van der Waals surface area contributed by atoms with E-state index in [0.29, 0.717) is 25.4 Å². The fourth-order valence-electron chi connectivity index (χ4n) is 2.50. The van der Waals surface area contributed by atoms with Crippen molar-refractivity contribution in [3.63, 3.8) is 0 Å². The van der Waals surface area contributed by atoms with Crippen molar-refractivity contribution >= 4 is 5.97 Å². The first kappa shape index (κ1) is 19.3. The number of hydrogen-bond acceptors (Lipinski definition) is 4. The van der Waals surface area contributed by atoms with E-state index in [1.807, 2.05) is 18.2 Å². The second-order valence-corrected chi connectivity index (χ2v) is 5.78. The topological polar surface area (TPSA) is 44.8 Å². The second kappa shape index (κ2) is 10.9. The normalized spacial score (nSPS) is 11.8.